The van der Waals surface area contributed by atoms with E-state index in [1.54, 1.807) is 20.9 Å². The number of rotatable bonds is 6. The van der Waals surface area contributed by atoms with Crippen LogP contribution in [0.3, 0.4) is 0 Å². The van der Waals surface area contributed by atoms with Crippen molar-refractivity contribution in [3.05, 3.63) is 0 Å². The molecule has 0 aliphatic rings. The first-order valence-electron chi connectivity index (χ1n) is 4.55. The summed E-state index contributed by atoms with van der Waals surface area (Å²) in [5.74, 6) is -0.964. The Balaban J connectivity index is 3.74. The van der Waals surface area contributed by atoms with Gasteiger partial charge in [0.2, 0.25) is 5.91 Å². The highest BCUT2D eigenvalue weighted by atomic mass is 16.4. The molecule has 0 unspecified atom stereocenters. The summed E-state index contributed by atoms with van der Waals surface area (Å²) in [4.78, 5) is 21.7. The van der Waals surface area contributed by atoms with Gasteiger partial charge in [-0.1, -0.05) is 0 Å². The van der Waals surface area contributed by atoms with Gasteiger partial charge in [-0.2, -0.15) is 0 Å². The zero-order valence-corrected chi connectivity index (χ0v) is 8.89. The normalized spacial score (nSPS) is 11.1. The molecule has 0 fully saturated rings. The van der Waals surface area contributed by atoms with E-state index in [2.05, 4.69) is 10.6 Å². The van der Waals surface area contributed by atoms with Gasteiger partial charge in [-0.3, -0.25) is 9.59 Å². The fourth-order valence-corrected chi connectivity index (χ4v) is 0.844. The third-order valence-electron chi connectivity index (χ3n) is 1.99. The average molecular weight is 202 g/mol. The van der Waals surface area contributed by atoms with E-state index >= 15 is 0 Å². The summed E-state index contributed by atoms with van der Waals surface area (Å²) in [6, 6.07) is 0. The summed E-state index contributed by atoms with van der Waals surface area (Å²) in [5, 5.41) is 14.1. The molecule has 0 aliphatic carbocycles. The van der Waals surface area contributed by atoms with Crippen LogP contribution in [0, 0.1) is 5.41 Å². The highest BCUT2D eigenvalue weighted by Gasteiger charge is 2.26. The number of amides is 1. The maximum Gasteiger partial charge on any atom is 0.309 e. The molecule has 1 amide bonds. The fraction of sp³-hybridized carbons (Fsp3) is 0.778. The van der Waals surface area contributed by atoms with Crippen LogP contribution < -0.4 is 10.6 Å². The van der Waals surface area contributed by atoms with E-state index < -0.39 is 11.4 Å². The predicted molar refractivity (Wildman–Crippen MR) is 53.0 cm³/mol. The van der Waals surface area contributed by atoms with Crippen molar-refractivity contribution < 1.29 is 14.7 Å². The van der Waals surface area contributed by atoms with E-state index in [1.807, 2.05) is 0 Å². The minimum Gasteiger partial charge on any atom is -0.481 e. The first kappa shape index (κ1) is 12.9. The molecule has 5 nitrogen and oxygen atoms in total. The third-order valence-corrected chi connectivity index (χ3v) is 1.99. The quantitative estimate of drug-likeness (QED) is 0.558. The number of hydrogen-bond acceptors (Lipinski definition) is 3. The number of carboxylic acid groups (broad SMARTS) is 1. The number of carboxylic acids is 1. The molecule has 0 atom stereocenters. The van der Waals surface area contributed by atoms with Crippen LogP contribution >= 0.6 is 0 Å². The maximum atomic E-state index is 11.0. The van der Waals surface area contributed by atoms with Crippen molar-refractivity contribution in [3.8, 4) is 0 Å². The molecule has 0 aromatic heterocycles. The van der Waals surface area contributed by atoms with Crippen LogP contribution in [-0.2, 0) is 9.59 Å². The standard InChI is InChI=1S/C9H18N2O3/c1-9(2,8(13)14)4-5-11-7(12)6-10-3/h10H,4-6H2,1-3H3,(H,11,12)(H,13,14). The molecule has 82 valence electrons. The van der Waals surface area contributed by atoms with Crippen molar-refractivity contribution in [3.63, 3.8) is 0 Å². The van der Waals surface area contributed by atoms with E-state index in [4.69, 9.17) is 5.11 Å². The Bertz CT molecular complexity index is 214. The Kier molecular flexibility index (Phi) is 5.15. The molecular weight excluding hydrogens is 184 g/mol. The van der Waals surface area contributed by atoms with Crippen LogP contribution in [0.1, 0.15) is 20.3 Å². The van der Waals surface area contributed by atoms with Crippen molar-refractivity contribution in [1.29, 1.82) is 0 Å². The summed E-state index contributed by atoms with van der Waals surface area (Å²) >= 11 is 0. The van der Waals surface area contributed by atoms with Crippen molar-refractivity contribution in [2.24, 2.45) is 5.41 Å². The molecule has 0 saturated carbocycles. The van der Waals surface area contributed by atoms with Gasteiger partial charge in [-0.25, -0.2) is 0 Å². The molecule has 0 spiro atoms. The lowest BCUT2D eigenvalue weighted by Gasteiger charge is -2.18. The van der Waals surface area contributed by atoms with Gasteiger partial charge in [-0.05, 0) is 27.3 Å². The van der Waals surface area contributed by atoms with Crippen LogP contribution in [-0.4, -0.2) is 37.1 Å². The smallest absolute Gasteiger partial charge is 0.309 e. The molecule has 0 aromatic rings. The Labute approximate surface area is 83.9 Å². The molecule has 0 rings (SSSR count). The molecule has 0 radical (unpaired) electrons. The topological polar surface area (TPSA) is 78.4 Å². The highest BCUT2D eigenvalue weighted by molar-refractivity contribution is 5.78. The molecule has 0 aliphatic heterocycles. The second-order valence-corrected chi connectivity index (χ2v) is 3.82. The number of nitrogens with one attached hydrogen (secondary N) is 2. The van der Waals surface area contributed by atoms with Crippen molar-refractivity contribution >= 4 is 11.9 Å². The first-order valence-corrected chi connectivity index (χ1v) is 4.55. The summed E-state index contributed by atoms with van der Waals surface area (Å²) in [6.07, 6.45) is 0.428. The molecule has 0 bridgehead atoms. The lowest BCUT2D eigenvalue weighted by Crippen LogP contribution is -2.36. The van der Waals surface area contributed by atoms with Gasteiger partial charge < -0.3 is 15.7 Å². The minimum atomic E-state index is -0.847. The Morgan fingerprint density at radius 2 is 1.93 bits per heavy atom. The fourth-order valence-electron chi connectivity index (χ4n) is 0.844. The number of likely N-dealkylation sites (N-methyl/N-ethyl adjacent to an activating group) is 1. The molecule has 5 heteroatoms. The third kappa shape index (κ3) is 4.81. The molecule has 3 N–H and O–H groups in total. The monoisotopic (exact) mass is 202 g/mol. The van der Waals surface area contributed by atoms with Crippen molar-refractivity contribution in [2.45, 2.75) is 20.3 Å². The lowest BCUT2D eigenvalue weighted by molar-refractivity contribution is -0.147. The second-order valence-electron chi connectivity index (χ2n) is 3.82. The van der Waals surface area contributed by atoms with Crippen LogP contribution in [0.2, 0.25) is 0 Å². The predicted octanol–water partition coefficient (Wildman–Crippen LogP) is -0.177. The number of carbonyl (C=O) groups excluding carboxylic acids is 1. The zero-order valence-electron chi connectivity index (χ0n) is 8.89. The largest absolute Gasteiger partial charge is 0.481 e. The maximum absolute atomic E-state index is 11.0. The number of carbonyl (C=O) groups is 2. The van der Waals surface area contributed by atoms with Crippen molar-refractivity contribution in [2.75, 3.05) is 20.1 Å². The van der Waals surface area contributed by atoms with E-state index in [-0.39, 0.29) is 12.5 Å². The van der Waals surface area contributed by atoms with E-state index in [0.29, 0.717) is 13.0 Å². The second kappa shape index (κ2) is 5.59. The Hall–Kier alpha value is -1.10. The number of hydrogen-bond donors (Lipinski definition) is 3. The minimum absolute atomic E-state index is 0.117. The molecule has 0 saturated heterocycles. The molecule has 0 aromatic carbocycles. The Morgan fingerprint density at radius 3 is 2.36 bits per heavy atom. The molecule has 14 heavy (non-hydrogen) atoms. The molecular formula is C9H18N2O3. The first-order chi connectivity index (χ1) is 6.40. The van der Waals surface area contributed by atoms with E-state index in [9.17, 15) is 9.59 Å². The SMILES string of the molecule is CNCC(=O)NCCC(C)(C)C(=O)O. The van der Waals surface area contributed by atoms with Gasteiger partial charge in [0, 0.05) is 6.54 Å². The van der Waals surface area contributed by atoms with Gasteiger partial charge in [0.25, 0.3) is 0 Å². The van der Waals surface area contributed by atoms with Crippen LogP contribution in [0.25, 0.3) is 0 Å². The summed E-state index contributed by atoms with van der Waals surface area (Å²) in [6.45, 7) is 3.92. The lowest BCUT2D eigenvalue weighted by atomic mass is 9.90. The summed E-state index contributed by atoms with van der Waals surface area (Å²) < 4.78 is 0. The van der Waals surface area contributed by atoms with Crippen LogP contribution in [0.15, 0.2) is 0 Å². The van der Waals surface area contributed by atoms with E-state index in [0.717, 1.165) is 0 Å². The Morgan fingerprint density at radius 1 is 1.36 bits per heavy atom. The molecule has 0 heterocycles. The summed E-state index contributed by atoms with van der Waals surface area (Å²) in [5.41, 5.74) is -0.785. The highest BCUT2D eigenvalue weighted by Crippen LogP contribution is 2.19. The average Bonchev–Trinajstić information content (AvgIpc) is 2.04. The van der Waals surface area contributed by atoms with Crippen LogP contribution in [0.5, 0.6) is 0 Å². The van der Waals surface area contributed by atoms with Gasteiger partial charge in [0.05, 0.1) is 12.0 Å². The number of aliphatic carboxylic acids is 1. The van der Waals surface area contributed by atoms with E-state index in [1.165, 1.54) is 0 Å². The van der Waals surface area contributed by atoms with Gasteiger partial charge in [-0.15, -0.1) is 0 Å². The van der Waals surface area contributed by atoms with Gasteiger partial charge in [0.1, 0.15) is 0 Å². The van der Waals surface area contributed by atoms with Gasteiger partial charge >= 0.3 is 5.97 Å². The summed E-state index contributed by atoms with van der Waals surface area (Å²) in [7, 11) is 1.68. The van der Waals surface area contributed by atoms with Crippen LogP contribution in [0.4, 0.5) is 0 Å². The zero-order chi connectivity index (χ0) is 11.2. The van der Waals surface area contributed by atoms with Crippen molar-refractivity contribution in [1.82, 2.24) is 10.6 Å². The van der Waals surface area contributed by atoms with Gasteiger partial charge in [0.15, 0.2) is 0 Å².